The van der Waals surface area contributed by atoms with Gasteiger partial charge in [0.2, 0.25) is 0 Å². The summed E-state index contributed by atoms with van der Waals surface area (Å²) in [6.45, 7) is 0. The maximum Gasteiger partial charge on any atom is 0.417 e. The fourth-order valence-electron chi connectivity index (χ4n) is 1.41. The zero-order chi connectivity index (χ0) is 15.6. The molecule has 5 nitrogen and oxygen atoms in total. The normalized spacial score (nSPS) is 11.2. The SMILES string of the molecule is O=C(NC(=O)c1cnccc1C(F)(F)F)c1cnc(Br)s1. The van der Waals surface area contributed by atoms with E-state index in [4.69, 9.17) is 0 Å². The molecular formula is C11H5BrF3N3O2S. The summed E-state index contributed by atoms with van der Waals surface area (Å²) in [6, 6.07) is 0.669. The lowest BCUT2D eigenvalue weighted by Crippen LogP contribution is -2.31. The number of carbonyl (C=O) groups is 2. The van der Waals surface area contributed by atoms with E-state index >= 15 is 0 Å². The average Bonchev–Trinajstić information content (AvgIpc) is 2.84. The predicted molar refractivity (Wildman–Crippen MR) is 70.8 cm³/mol. The van der Waals surface area contributed by atoms with Gasteiger partial charge < -0.3 is 0 Å². The van der Waals surface area contributed by atoms with Crippen LogP contribution in [0.1, 0.15) is 25.6 Å². The minimum atomic E-state index is -4.72. The molecule has 110 valence electrons. The molecule has 0 aliphatic rings. The predicted octanol–water partition coefficient (Wildman–Crippen LogP) is 2.89. The first-order valence-corrected chi connectivity index (χ1v) is 6.88. The third-order valence-corrected chi connectivity index (χ3v) is 3.77. The van der Waals surface area contributed by atoms with E-state index in [-0.39, 0.29) is 4.88 Å². The molecule has 2 rings (SSSR count). The van der Waals surface area contributed by atoms with Gasteiger partial charge in [-0.1, -0.05) is 0 Å². The van der Waals surface area contributed by atoms with Gasteiger partial charge in [0.05, 0.1) is 17.3 Å². The molecule has 0 saturated heterocycles. The number of amides is 2. The molecule has 0 atom stereocenters. The third kappa shape index (κ3) is 3.64. The van der Waals surface area contributed by atoms with E-state index in [9.17, 15) is 22.8 Å². The molecule has 0 bridgehead atoms. The molecule has 2 aromatic heterocycles. The number of hydrogen-bond donors (Lipinski definition) is 1. The molecule has 2 aromatic rings. The van der Waals surface area contributed by atoms with Crippen molar-refractivity contribution in [1.29, 1.82) is 0 Å². The van der Waals surface area contributed by atoms with Crippen molar-refractivity contribution in [3.8, 4) is 0 Å². The number of pyridine rings is 1. The van der Waals surface area contributed by atoms with Crippen molar-refractivity contribution in [2.45, 2.75) is 6.18 Å². The summed E-state index contributed by atoms with van der Waals surface area (Å²) in [6.07, 6.45) is -1.84. The number of aromatic nitrogens is 2. The van der Waals surface area contributed by atoms with Crippen molar-refractivity contribution in [2.75, 3.05) is 0 Å². The third-order valence-electron chi connectivity index (χ3n) is 2.30. The Labute approximate surface area is 128 Å². The van der Waals surface area contributed by atoms with Crippen molar-refractivity contribution in [3.05, 3.63) is 44.6 Å². The lowest BCUT2D eigenvalue weighted by Gasteiger charge is -2.11. The Morgan fingerprint density at radius 3 is 2.52 bits per heavy atom. The standard InChI is InChI=1S/C11H5BrF3N3O2S/c12-10-17-4-7(21-10)9(20)18-8(19)5-3-16-2-1-6(5)11(13,14)15/h1-4H,(H,18,19,20). The summed E-state index contributed by atoms with van der Waals surface area (Å²) in [7, 11) is 0. The molecule has 0 radical (unpaired) electrons. The van der Waals surface area contributed by atoms with Crippen LogP contribution in [0.3, 0.4) is 0 Å². The first kappa shape index (κ1) is 15.6. The van der Waals surface area contributed by atoms with Crippen LogP contribution in [0.4, 0.5) is 13.2 Å². The average molecular weight is 380 g/mol. The zero-order valence-corrected chi connectivity index (χ0v) is 12.3. The lowest BCUT2D eigenvalue weighted by atomic mass is 10.1. The van der Waals surface area contributed by atoms with Gasteiger partial charge in [0, 0.05) is 12.4 Å². The molecule has 0 aliphatic carbocycles. The quantitative estimate of drug-likeness (QED) is 0.814. The van der Waals surface area contributed by atoms with E-state index in [1.54, 1.807) is 0 Å². The van der Waals surface area contributed by atoms with Gasteiger partial charge in [-0.05, 0) is 22.0 Å². The topological polar surface area (TPSA) is 72.0 Å². The van der Waals surface area contributed by atoms with Crippen LogP contribution in [0.2, 0.25) is 0 Å². The van der Waals surface area contributed by atoms with Gasteiger partial charge in [-0.25, -0.2) is 4.98 Å². The molecule has 1 N–H and O–H groups in total. The number of nitrogens with one attached hydrogen (secondary N) is 1. The fraction of sp³-hybridized carbons (Fsp3) is 0.0909. The summed E-state index contributed by atoms with van der Waals surface area (Å²) < 4.78 is 38.7. The Balaban J connectivity index is 2.24. The van der Waals surface area contributed by atoms with Crippen LogP contribution in [0.5, 0.6) is 0 Å². The summed E-state index contributed by atoms with van der Waals surface area (Å²) in [5.41, 5.74) is -1.88. The van der Waals surface area contributed by atoms with Gasteiger partial charge in [0.25, 0.3) is 11.8 Å². The number of thiazole rings is 1. The number of nitrogens with zero attached hydrogens (tertiary/aromatic N) is 2. The fourth-order valence-corrected chi connectivity index (χ4v) is 2.57. The Bertz CT molecular complexity index is 702. The highest BCUT2D eigenvalue weighted by molar-refractivity contribution is 9.11. The van der Waals surface area contributed by atoms with Crippen LogP contribution in [0.25, 0.3) is 0 Å². The molecule has 0 aliphatic heterocycles. The number of alkyl halides is 3. The van der Waals surface area contributed by atoms with Crippen molar-refractivity contribution < 1.29 is 22.8 Å². The van der Waals surface area contributed by atoms with Crippen molar-refractivity contribution in [3.63, 3.8) is 0 Å². The second-order valence-electron chi connectivity index (χ2n) is 3.68. The van der Waals surface area contributed by atoms with Gasteiger partial charge in [0.15, 0.2) is 3.92 Å². The van der Waals surface area contributed by atoms with E-state index in [0.29, 0.717) is 9.98 Å². The number of halogens is 4. The maximum absolute atomic E-state index is 12.8. The molecule has 2 heterocycles. The maximum atomic E-state index is 12.8. The summed E-state index contributed by atoms with van der Waals surface area (Å²) >= 11 is 3.98. The second-order valence-corrected chi connectivity index (χ2v) is 5.99. The number of hydrogen-bond acceptors (Lipinski definition) is 5. The molecule has 0 aromatic carbocycles. The number of rotatable bonds is 2. The van der Waals surface area contributed by atoms with Crippen LogP contribution in [0, 0.1) is 0 Å². The Kier molecular flexibility index (Phi) is 4.37. The van der Waals surface area contributed by atoms with E-state index < -0.39 is 29.1 Å². The van der Waals surface area contributed by atoms with E-state index in [1.165, 1.54) is 6.20 Å². The second kappa shape index (κ2) is 5.90. The molecule has 0 spiro atoms. The van der Waals surface area contributed by atoms with Crippen molar-refractivity contribution in [1.82, 2.24) is 15.3 Å². The monoisotopic (exact) mass is 379 g/mol. The first-order chi connectivity index (χ1) is 9.79. The largest absolute Gasteiger partial charge is 0.417 e. The summed E-state index contributed by atoms with van der Waals surface area (Å²) in [4.78, 5) is 30.8. The van der Waals surface area contributed by atoms with Crippen molar-refractivity contribution in [2.24, 2.45) is 0 Å². The zero-order valence-electron chi connectivity index (χ0n) is 9.94. The highest BCUT2D eigenvalue weighted by atomic mass is 79.9. The minimum absolute atomic E-state index is 0.0904. The lowest BCUT2D eigenvalue weighted by molar-refractivity contribution is -0.138. The smallest absolute Gasteiger partial charge is 0.287 e. The Morgan fingerprint density at radius 1 is 1.24 bits per heavy atom. The Hall–Kier alpha value is -1.81. The van der Waals surface area contributed by atoms with Crippen LogP contribution in [0.15, 0.2) is 28.6 Å². The highest BCUT2D eigenvalue weighted by Gasteiger charge is 2.35. The van der Waals surface area contributed by atoms with E-state index in [0.717, 1.165) is 23.7 Å². The van der Waals surface area contributed by atoms with Gasteiger partial charge in [0.1, 0.15) is 4.88 Å². The molecule has 21 heavy (non-hydrogen) atoms. The molecule has 2 amide bonds. The van der Waals surface area contributed by atoms with Gasteiger partial charge in [-0.3, -0.25) is 19.9 Å². The first-order valence-electron chi connectivity index (χ1n) is 5.27. The van der Waals surface area contributed by atoms with Crippen LogP contribution in [-0.4, -0.2) is 21.8 Å². The molecule has 0 unspecified atom stereocenters. The van der Waals surface area contributed by atoms with Crippen LogP contribution >= 0.6 is 27.3 Å². The van der Waals surface area contributed by atoms with Crippen LogP contribution < -0.4 is 5.32 Å². The van der Waals surface area contributed by atoms with Crippen molar-refractivity contribution >= 4 is 39.1 Å². The number of carbonyl (C=O) groups excluding carboxylic acids is 2. The van der Waals surface area contributed by atoms with Crippen LogP contribution in [-0.2, 0) is 6.18 Å². The van der Waals surface area contributed by atoms with E-state index in [2.05, 4.69) is 25.9 Å². The summed E-state index contributed by atoms with van der Waals surface area (Å²) in [5, 5.41) is 1.87. The number of imide groups is 1. The summed E-state index contributed by atoms with van der Waals surface area (Å²) in [5.74, 6) is -2.01. The molecule has 0 fully saturated rings. The highest BCUT2D eigenvalue weighted by Crippen LogP contribution is 2.31. The minimum Gasteiger partial charge on any atom is -0.287 e. The molecule has 0 saturated carbocycles. The van der Waals surface area contributed by atoms with E-state index in [1.807, 2.05) is 5.32 Å². The van der Waals surface area contributed by atoms with Gasteiger partial charge >= 0.3 is 6.18 Å². The van der Waals surface area contributed by atoms with Gasteiger partial charge in [-0.2, -0.15) is 13.2 Å². The Morgan fingerprint density at radius 2 is 1.95 bits per heavy atom. The molecule has 10 heteroatoms. The van der Waals surface area contributed by atoms with Gasteiger partial charge in [-0.15, -0.1) is 11.3 Å². The molecular weight excluding hydrogens is 375 g/mol.